The topological polar surface area (TPSA) is 65.8 Å². The van der Waals surface area contributed by atoms with Crippen molar-refractivity contribution >= 4 is 17.7 Å². The molecule has 0 aromatic carbocycles. The first-order valence-electron chi connectivity index (χ1n) is 5.75. The van der Waals surface area contributed by atoms with Gasteiger partial charge in [-0.25, -0.2) is 4.98 Å². The fraction of sp³-hybridized carbons (Fsp3) is 0.357. The summed E-state index contributed by atoms with van der Waals surface area (Å²) in [5.74, 6) is 2.19. The summed E-state index contributed by atoms with van der Waals surface area (Å²) in [5.41, 5.74) is 2.22. The van der Waals surface area contributed by atoms with Gasteiger partial charge in [-0.15, -0.1) is 6.42 Å². The molecule has 0 saturated heterocycles. The van der Waals surface area contributed by atoms with Crippen LogP contribution in [0.1, 0.15) is 23.7 Å². The molecule has 0 fully saturated rings. The minimum atomic E-state index is -0.353. The highest BCUT2D eigenvalue weighted by atomic mass is 32.2. The van der Waals surface area contributed by atoms with Crippen LogP contribution >= 0.6 is 11.8 Å². The number of amides is 1. The summed E-state index contributed by atoms with van der Waals surface area (Å²) in [6.07, 6.45) is 5.09. The summed E-state index contributed by atoms with van der Waals surface area (Å²) < 4.78 is 0. The van der Waals surface area contributed by atoms with Gasteiger partial charge in [0.15, 0.2) is 0 Å². The van der Waals surface area contributed by atoms with Crippen LogP contribution < -0.4 is 5.32 Å². The third-order valence-electron chi connectivity index (χ3n) is 2.45. The fourth-order valence-electron chi connectivity index (χ4n) is 1.53. The van der Waals surface area contributed by atoms with Crippen molar-refractivity contribution in [3.63, 3.8) is 0 Å². The zero-order valence-corrected chi connectivity index (χ0v) is 12.0. The van der Waals surface area contributed by atoms with Gasteiger partial charge in [-0.3, -0.25) is 4.79 Å². The summed E-state index contributed by atoms with van der Waals surface area (Å²) in [7, 11) is 0. The molecule has 19 heavy (non-hydrogen) atoms. The smallest absolute Gasteiger partial charge is 0.234 e. The molecule has 0 aliphatic carbocycles. The average molecular weight is 273 g/mol. The number of nitrogens with one attached hydrogen (secondary N) is 1. The number of carbonyl (C=O) groups excluding carboxylic acids is 1. The molecule has 4 nitrogen and oxygen atoms in total. The minimum absolute atomic E-state index is 0.159. The van der Waals surface area contributed by atoms with E-state index in [9.17, 15) is 4.79 Å². The highest BCUT2D eigenvalue weighted by Gasteiger charge is 2.18. The lowest BCUT2D eigenvalue weighted by molar-refractivity contribution is -0.120. The number of rotatable bonds is 4. The van der Waals surface area contributed by atoms with Crippen LogP contribution in [0.3, 0.4) is 0 Å². The van der Waals surface area contributed by atoms with Crippen LogP contribution in [0.5, 0.6) is 0 Å². The number of aryl methyl sites for hydroxylation is 2. The van der Waals surface area contributed by atoms with E-state index in [0.717, 1.165) is 11.3 Å². The monoisotopic (exact) mass is 273 g/mol. The zero-order chi connectivity index (χ0) is 14.4. The van der Waals surface area contributed by atoms with Crippen molar-refractivity contribution < 1.29 is 4.79 Å². The highest BCUT2D eigenvalue weighted by Crippen LogP contribution is 2.27. The number of hydrogen-bond donors (Lipinski definition) is 1. The van der Waals surface area contributed by atoms with E-state index in [1.807, 2.05) is 19.9 Å². The van der Waals surface area contributed by atoms with E-state index in [0.29, 0.717) is 10.6 Å². The first-order valence-corrected chi connectivity index (χ1v) is 6.63. The third-order valence-corrected chi connectivity index (χ3v) is 3.53. The highest BCUT2D eigenvalue weighted by molar-refractivity contribution is 8.00. The Morgan fingerprint density at radius 2 is 2.32 bits per heavy atom. The molecule has 5 heteroatoms. The third kappa shape index (κ3) is 4.01. The number of thioether (sulfide) groups is 1. The molecule has 1 atom stereocenters. The normalized spacial score (nSPS) is 11.2. The van der Waals surface area contributed by atoms with E-state index in [1.54, 1.807) is 6.92 Å². The second kappa shape index (κ2) is 6.82. The Morgan fingerprint density at radius 1 is 1.63 bits per heavy atom. The Bertz CT molecular complexity index is 569. The van der Waals surface area contributed by atoms with Gasteiger partial charge in [0.25, 0.3) is 0 Å². The van der Waals surface area contributed by atoms with E-state index in [1.165, 1.54) is 11.8 Å². The van der Waals surface area contributed by atoms with E-state index in [-0.39, 0.29) is 17.7 Å². The van der Waals surface area contributed by atoms with Gasteiger partial charge in [-0.05, 0) is 32.4 Å². The molecule has 1 aromatic rings. The number of terminal acetylenes is 1. The van der Waals surface area contributed by atoms with Crippen LogP contribution in [0, 0.1) is 37.5 Å². The lowest BCUT2D eigenvalue weighted by Gasteiger charge is -2.12. The van der Waals surface area contributed by atoms with Crippen LogP contribution in [-0.2, 0) is 4.79 Å². The predicted octanol–water partition coefficient (Wildman–Crippen LogP) is 1.80. The van der Waals surface area contributed by atoms with Gasteiger partial charge in [0.05, 0.1) is 17.4 Å². The number of pyridine rings is 1. The van der Waals surface area contributed by atoms with Gasteiger partial charge < -0.3 is 5.32 Å². The average Bonchev–Trinajstić information content (AvgIpc) is 2.35. The molecule has 0 bridgehead atoms. The quantitative estimate of drug-likeness (QED) is 0.671. The SMILES string of the molecule is C#CCNC(=O)C(C)Sc1nc(C)cc(C)c1C#N. The largest absolute Gasteiger partial charge is 0.344 e. The minimum Gasteiger partial charge on any atom is -0.344 e. The molecule has 98 valence electrons. The molecule has 1 N–H and O–H groups in total. The van der Waals surface area contributed by atoms with Crippen molar-refractivity contribution in [3.05, 3.63) is 22.9 Å². The second-order valence-electron chi connectivity index (χ2n) is 4.05. The molecule has 0 spiro atoms. The van der Waals surface area contributed by atoms with E-state index >= 15 is 0 Å². The van der Waals surface area contributed by atoms with Gasteiger partial charge >= 0.3 is 0 Å². The van der Waals surface area contributed by atoms with Gasteiger partial charge in [-0.2, -0.15) is 5.26 Å². The first kappa shape index (κ1) is 15.1. The van der Waals surface area contributed by atoms with Crippen molar-refractivity contribution in [2.45, 2.75) is 31.0 Å². The van der Waals surface area contributed by atoms with E-state index < -0.39 is 0 Å². The molecule has 1 aromatic heterocycles. The Hall–Kier alpha value is -1.98. The fourth-order valence-corrected chi connectivity index (χ4v) is 2.57. The van der Waals surface area contributed by atoms with Crippen LogP contribution in [0.15, 0.2) is 11.1 Å². The molecule has 0 aliphatic heterocycles. The summed E-state index contributed by atoms with van der Waals surface area (Å²) >= 11 is 1.27. The zero-order valence-electron chi connectivity index (χ0n) is 11.2. The number of hydrogen-bond acceptors (Lipinski definition) is 4. The molecule has 0 saturated carbocycles. The Balaban J connectivity index is 2.91. The maximum Gasteiger partial charge on any atom is 0.234 e. The predicted molar refractivity (Wildman–Crippen MR) is 75.6 cm³/mol. The molecule has 0 aliphatic rings. The summed E-state index contributed by atoms with van der Waals surface area (Å²) in [6, 6.07) is 3.98. The van der Waals surface area contributed by atoms with Gasteiger partial charge in [0.2, 0.25) is 5.91 Å². The Kier molecular flexibility index (Phi) is 5.41. The number of nitriles is 1. The van der Waals surface area contributed by atoms with Crippen LogP contribution in [0.2, 0.25) is 0 Å². The Labute approximate surface area is 117 Å². The van der Waals surface area contributed by atoms with Crippen LogP contribution in [0.4, 0.5) is 0 Å². The molecular weight excluding hydrogens is 258 g/mol. The van der Waals surface area contributed by atoms with Crippen molar-refractivity contribution in [1.29, 1.82) is 5.26 Å². The molecule has 0 radical (unpaired) electrons. The van der Waals surface area contributed by atoms with Gasteiger partial charge in [-0.1, -0.05) is 17.7 Å². The van der Waals surface area contributed by atoms with Gasteiger partial charge in [0, 0.05) is 5.69 Å². The van der Waals surface area contributed by atoms with Crippen molar-refractivity contribution in [2.75, 3.05) is 6.54 Å². The summed E-state index contributed by atoms with van der Waals surface area (Å²) in [5, 5.41) is 12.0. The Morgan fingerprint density at radius 3 is 2.89 bits per heavy atom. The lowest BCUT2D eigenvalue weighted by atomic mass is 10.1. The first-order chi connectivity index (χ1) is 8.99. The molecule has 1 unspecified atom stereocenters. The summed E-state index contributed by atoms with van der Waals surface area (Å²) in [6.45, 7) is 5.69. The number of aromatic nitrogens is 1. The number of carbonyl (C=O) groups is 1. The summed E-state index contributed by atoms with van der Waals surface area (Å²) in [4.78, 5) is 16.1. The maximum absolute atomic E-state index is 11.7. The molecular formula is C14H15N3OS. The van der Waals surface area contributed by atoms with Crippen LogP contribution in [0.25, 0.3) is 0 Å². The van der Waals surface area contributed by atoms with Crippen molar-refractivity contribution in [1.82, 2.24) is 10.3 Å². The molecule has 1 rings (SSSR count). The number of nitrogens with zero attached hydrogens (tertiary/aromatic N) is 2. The lowest BCUT2D eigenvalue weighted by Crippen LogP contribution is -2.31. The maximum atomic E-state index is 11.7. The van der Waals surface area contributed by atoms with E-state index in [2.05, 4.69) is 22.3 Å². The second-order valence-corrected chi connectivity index (χ2v) is 5.38. The standard InChI is InChI=1S/C14H15N3OS/c1-5-6-16-13(18)11(4)19-14-12(8-15)9(2)7-10(3)17-14/h1,7,11H,6H2,2-4H3,(H,16,18). The molecule has 1 heterocycles. The van der Waals surface area contributed by atoms with Crippen LogP contribution in [-0.4, -0.2) is 22.7 Å². The molecule has 1 amide bonds. The van der Waals surface area contributed by atoms with E-state index in [4.69, 9.17) is 11.7 Å². The van der Waals surface area contributed by atoms with Crippen molar-refractivity contribution in [3.8, 4) is 18.4 Å². The van der Waals surface area contributed by atoms with Gasteiger partial charge in [0.1, 0.15) is 11.1 Å². The van der Waals surface area contributed by atoms with Crippen molar-refractivity contribution in [2.24, 2.45) is 0 Å².